The van der Waals surface area contributed by atoms with Crippen molar-refractivity contribution < 1.29 is 21.6 Å². The highest BCUT2D eigenvalue weighted by Crippen LogP contribution is 2.27. The molecule has 0 unspecified atom stereocenters. The molecular formula is C10H5ClF2O3S. The Labute approximate surface area is 100 Å². The molecule has 0 bridgehead atoms. The van der Waals surface area contributed by atoms with Gasteiger partial charge >= 0.3 is 0 Å². The predicted octanol–water partition coefficient (Wildman–Crippen LogP) is 3.15. The normalized spacial score (nSPS) is 11.7. The maximum absolute atomic E-state index is 12.9. The Bertz CT molecular complexity index is 664. The Kier molecular flexibility index (Phi) is 2.92. The van der Waals surface area contributed by atoms with Crippen LogP contribution in [0.25, 0.3) is 11.3 Å². The van der Waals surface area contributed by atoms with Crippen molar-refractivity contribution in [1.82, 2.24) is 0 Å². The molecule has 3 nitrogen and oxygen atoms in total. The fourth-order valence-corrected chi connectivity index (χ4v) is 1.92. The SMILES string of the molecule is O=S(=O)(Cl)c1ccc(-c2ccc(F)c(F)c2)o1. The second-order valence-corrected chi connectivity index (χ2v) is 5.68. The van der Waals surface area contributed by atoms with Crippen molar-refractivity contribution in [2.75, 3.05) is 0 Å². The van der Waals surface area contributed by atoms with E-state index in [1.165, 1.54) is 12.1 Å². The van der Waals surface area contributed by atoms with Gasteiger partial charge in [-0.05, 0) is 30.3 Å². The lowest BCUT2D eigenvalue weighted by atomic mass is 10.2. The highest BCUT2D eigenvalue weighted by molar-refractivity contribution is 8.13. The minimum absolute atomic E-state index is 0.0862. The molecule has 0 radical (unpaired) electrons. The molecule has 0 N–H and O–H groups in total. The molecule has 0 aliphatic rings. The van der Waals surface area contributed by atoms with Gasteiger partial charge in [0.2, 0.25) is 5.09 Å². The van der Waals surface area contributed by atoms with Crippen LogP contribution in [0, 0.1) is 11.6 Å². The molecule has 90 valence electrons. The molecule has 2 aromatic rings. The predicted molar refractivity (Wildman–Crippen MR) is 57.1 cm³/mol. The van der Waals surface area contributed by atoms with Crippen LogP contribution in [0.5, 0.6) is 0 Å². The second-order valence-electron chi connectivity index (χ2n) is 3.19. The third-order valence-electron chi connectivity index (χ3n) is 2.03. The minimum atomic E-state index is -3.97. The standard InChI is InChI=1S/C10H5ClF2O3S/c11-17(14,15)10-4-3-9(16-10)6-1-2-7(12)8(13)5-6/h1-5H. The Morgan fingerprint density at radius 1 is 1.06 bits per heavy atom. The Balaban J connectivity index is 2.47. The average Bonchev–Trinajstić information content (AvgIpc) is 2.70. The largest absolute Gasteiger partial charge is 0.443 e. The molecule has 0 aliphatic heterocycles. The van der Waals surface area contributed by atoms with Crippen LogP contribution in [-0.4, -0.2) is 8.42 Å². The Hall–Kier alpha value is -1.40. The monoisotopic (exact) mass is 278 g/mol. The maximum atomic E-state index is 12.9. The zero-order chi connectivity index (χ0) is 12.6. The molecule has 1 aromatic carbocycles. The lowest BCUT2D eigenvalue weighted by Gasteiger charge is -1.97. The van der Waals surface area contributed by atoms with Gasteiger partial charge in [-0.1, -0.05) is 0 Å². The third-order valence-corrected chi connectivity index (χ3v) is 3.18. The first-order valence-corrected chi connectivity index (χ1v) is 6.69. The first-order chi connectivity index (χ1) is 7.88. The van der Waals surface area contributed by atoms with E-state index in [0.29, 0.717) is 0 Å². The van der Waals surface area contributed by atoms with E-state index in [1.807, 2.05) is 0 Å². The van der Waals surface area contributed by atoms with E-state index in [9.17, 15) is 17.2 Å². The third kappa shape index (κ3) is 2.48. The number of hydrogen-bond donors (Lipinski definition) is 0. The van der Waals surface area contributed by atoms with Gasteiger partial charge in [0.15, 0.2) is 11.6 Å². The molecule has 0 spiro atoms. The van der Waals surface area contributed by atoms with Gasteiger partial charge in [0.1, 0.15) is 5.76 Å². The number of rotatable bonds is 2. The average molecular weight is 279 g/mol. The van der Waals surface area contributed by atoms with Crippen LogP contribution < -0.4 is 0 Å². The summed E-state index contributed by atoms with van der Waals surface area (Å²) in [5, 5.41) is -0.445. The molecule has 0 amide bonds. The van der Waals surface area contributed by atoms with Gasteiger partial charge < -0.3 is 4.42 Å². The lowest BCUT2D eigenvalue weighted by Crippen LogP contribution is -1.86. The van der Waals surface area contributed by atoms with Crippen LogP contribution in [0.2, 0.25) is 0 Å². The molecule has 0 saturated heterocycles. The fourth-order valence-electron chi connectivity index (χ4n) is 1.26. The van der Waals surface area contributed by atoms with Crippen molar-refractivity contribution in [1.29, 1.82) is 0 Å². The fraction of sp³-hybridized carbons (Fsp3) is 0. The molecule has 1 heterocycles. The van der Waals surface area contributed by atoms with E-state index < -0.39 is 25.8 Å². The summed E-state index contributed by atoms with van der Waals surface area (Å²) in [7, 11) is 1.09. The van der Waals surface area contributed by atoms with Gasteiger partial charge in [-0.15, -0.1) is 0 Å². The summed E-state index contributed by atoms with van der Waals surface area (Å²) >= 11 is 0. The summed E-state index contributed by atoms with van der Waals surface area (Å²) in [5.74, 6) is -1.96. The second kappa shape index (κ2) is 4.12. The highest BCUT2D eigenvalue weighted by atomic mass is 35.7. The van der Waals surface area contributed by atoms with E-state index in [-0.39, 0.29) is 11.3 Å². The summed E-state index contributed by atoms with van der Waals surface area (Å²) in [6.45, 7) is 0. The summed E-state index contributed by atoms with van der Waals surface area (Å²) in [4.78, 5) is 0. The highest BCUT2D eigenvalue weighted by Gasteiger charge is 2.16. The van der Waals surface area contributed by atoms with Gasteiger partial charge in [-0.25, -0.2) is 17.2 Å². The molecule has 7 heteroatoms. The van der Waals surface area contributed by atoms with Crippen molar-refractivity contribution in [2.24, 2.45) is 0 Å². The molecule has 0 fully saturated rings. The number of furan rings is 1. The van der Waals surface area contributed by atoms with Crippen LogP contribution in [0.4, 0.5) is 8.78 Å². The zero-order valence-corrected chi connectivity index (χ0v) is 9.73. The molecule has 17 heavy (non-hydrogen) atoms. The summed E-state index contributed by atoms with van der Waals surface area (Å²) in [5.41, 5.74) is 0.218. The van der Waals surface area contributed by atoms with Gasteiger partial charge in [-0.2, -0.15) is 0 Å². The number of hydrogen-bond acceptors (Lipinski definition) is 3. The smallest absolute Gasteiger partial charge is 0.294 e. The van der Waals surface area contributed by atoms with Gasteiger partial charge in [0.25, 0.3) is 9.05 Å². The van der Waals surface area contributed by atoms with Crippen LogP contribution >= 0.6 is 10.7 Å². The summed E-state index contributed by atoms with van der Waals surface area (Å²) < 4.78 is 52.4. The maximum Gasteiger partial charge on any atom is 0.294 e. The molecule has 2 rings (SSSR count). The molecule has 1 aromatic heterocycles. The van der Waals surface area contributed by atoms with Crippen LogP contribution in [0.3, 0.4) is 0 Å². The number of benzene rings is 1. The molecule has 0 aliphatic carbocycles. The van der Waals surface area contributed by atoms with Crippen molar-refractivity contribution in [2.45, 2.75) is 5.09 Å². The molecular weight excluding hydrogens is 274 g/mol. The van der Waals surface area contributed by atoms with Crippen molar-refractivity contribution in [3.63, 3.8) is 0 Å². The van der Waals surface area contributed by atoms with Gasteiger partial charge in [0.05, 0.1) is 0 Å². The quantitative estimate of drug-likeness (QED) is 0.793. The van der Waals surface area contributed by atoms with E-state index in [4.69, 9.17) is 15.1 Å². The van der Waals surface area contributed by atoms with Gasteiger partial charge in [0, 0.05) is 16.2 Å². The van der Waals surface area contributed by atoms with Crippen molar-refractivity contribution in [3.05, 3.63) is 42.0 Å². The van der Waals surface area contributed by atoms with E-state index >= 15 is 0 Å². The van der Waals surface area contributed by atoms with Gasteiger partial charge in [-0.3, -0.25) is 0 Å². The van der Waals surface area contributed by atoms with Crippen LogP contribution in [0.1, 0.15) is 0 Å². The minimum Gasteiger partial charge on any atom is -0.443 e. The summed E-state index contributed by atoms with van der Waals surface area (Å²) in [6, 6.07) is 5.53. The van der Waals surface area contributed by atoms with Crippen LogP contribution in [0.15, 0.2) is 39.8 Å². The lowest BCUT2D eigenvalue weighted by molar-refractivity contribution is 0.465. The topological polar surface area (TPSA) is 47.3 Å². The Morgan fingerprint density at radius 2 is 1.76 bits per heavy atom. The van der Waals surface area contributed by atoms with E-state index in [2.05, 4.69) is 0 Å². The van der Waals surface area contributed by atoms with Crippen molar-refractivity contribution in [3.8, 4) is 11.3 Å². The molecule has 0 saturated carbocycles. The first kappa shape index (κ1) is 12.1. The number of halogens is 3. The Morgan fingerprint density at radius 3 is 2.29 bits per heavy atom. The first-order valence-electron chi connectivity index (χ1n) is 4.38. The van der Waals surface area contributed by atoms with E-state index in [1.54, 1.807) is 0 Å². The molecule has 0 atom stereocenters. The van der Waals surface area contributed by atoms with E-state index in [0.717, 1.165) is 18.2 Å². The zero-order valence-electron chi connectivity index (χ0n) is 8.15. The van der Waals surface area contributed by atoms with Crippen molar-refractivity contribution >= 4 is 19.7 Å². The van der Waals surface area contributed by atoms with Crippen LogP contribution in [-0.2, 0) is 9.05 Å². The summed E-state index contributed by atoms with van der Waals surface area (Å²) in [6.07, 6.45) is 0.